The van der Waals surface area contributed by atoms with Crippen molar-refractivity contribution in [3.05, 3.63) is 60.2 Å². The van der Waals surface area contributed by atoms with Crippen LogP contribution in [-0.2, 0) is 19.1 Å². The molecule has 0 radical (unpaired) electrons. The molecule has 2 aromatic carbocycles. The van der Waals surface area contributed by atoms with E-state index in [0.29, 0.717) is 0 Å². The Bertz CT molecular complexity index is 1190. The Morgan fingerprint density at radius 1 is 0.676 bits per heavy atom. The third kappa shape index (κ3) is 4.65. The highest BCUT2D eigenvalue weighted by Gasteiger charge is 2.49. The molecule has 34 heavy (non-hydrogen) atoms. The van der Waals surface area contributed by atoms with E-state index in [9.17, 15) is 35.9 Å². The van der Waals surface area contributed by atoms with Gasteiger partial charge in [0.2, 0.25) is 12.2 Å². The summed E-state index contributed by atoms with van der Waals surface area (Å²) in [5.41, 5.74) is 0.958. The number of imidazole rings is 2. The molecule has 0 unspecified atom stereocenters. The van der Waals surface area contributed by atoms with E-state index in [0.717, 1.165) is 0 Å². The van der Waals surface area contributed by atoms with E-state index < -0.39 is 48.1 Å². The topological polar surface area (TPSA) is 110 Å². The van der Waals surface area contributed by atoms with Gasteiger partial charge in [-0.15, -0.1) is 0 Å². The van der Waals surface area contributed by atoms with Gasteiger partial charge in [0.15, 0.2) is 11.6 Å². The maximum absolute atomic E-state index is 13.0. The van der Waals surface area contributed by atoms with Crippen LogP contribution in [0, 0.1) is 0 Å². The molecule has 8 nitrogen and oxygen atoms in total. The number of alkyl halides is 6. The van der Waals surface area contributed by atoms with E-state index in [-0.39, 0.29) is 22.1 Å². The second kappa shape index (κ2) is 8.35. The number of esters is 2. The van der Waals surface area contributed by atoms with E-state index in [1.165, 1.54) is 24.3 Å². The first-order chi connectivity index (χ1) is 15.9. The van der Waals surface area contributed by atoms with Gasteiger partial charge < -0.3 is 19.4 Å². The minimum atomic E-state index is -5.50. The van der Waals surface area contributed by atoms with Gasteiger partial charge in [0.1, 0.15) is 0 Å². The third-order valence-electron chi connectivity index (χ3n) is 4.56. The van der Waals surface area contributed by atoms with Crippen LogP contribution in [0.15, 0.2) is 48.5 Å². The van der Waals surface area contributed by atoms with Gasteiger partial charge in [-0.2, -0.15) is 26.3 Å². The molecule has 0 saturated heterocycles. The van der Waals surface area contributed by atoms with Crippen molar-refractivity contribution in [2.45, 2.75) is 24.6 Å². The summed E-state index contributed by atoms with van der Waals surface area (Å²) in [7, 11) is 0. The first-order valence-electron chi connectivity index (χ1n) is 9.38. The van der Waals surface area contributed by atoms with Crippen molar-refractivity contribution in [1.29, 1.82) is 0 Å². The summed E-state index contributed by atoms with van der Waals surface area (Å²) < 4.78 is 87.0. The first-order valence-corrected chi connectivity index (χ1v) is 9.38. The SMILES string of the molecule is O=C(O[C@H](c1nc2ccccc2[nH]1)[C@H](OC(=O)C(F)(F)F)c1nc2ccccc2[nH]1)C(F)(F)F. The van der Waals surface area contributed by atoms with E-state index in [1.807, 2.05) is 0 Å². The molecular weight excluding hydrogens is 474 g/mol. The first kappa shape index (κ1) is 23.1. The number of hydrogen-bond donors (Lipinski definition) is 2. The molecule has 14 heteroatoms. The van der Waals surface area contributed by atoms with Crippen LogP contribution in [0.1, 0.15) is 23.9 Å². The number of para-hydroxylation sites is 4. The number of carbonyl (C=O) groups is 2. The van der Waals surface area contributed by atoms with Crippen LogP contribution in [0.4, 0.5) is 26.3 Å². The highest BCUT2D eigenvalue weighted by molar-refractivity contribution is 5.79. The number of aromatic amines is 2. The fourth-order valence-electron chi connectivity index (χ4n) is 3.10. The zero-order valence-corrected chi connectivity index (χ0v) is 16.6. The maximum atomic E-state index is 13.0. The molecule has 2 aromatic heterocycles. The Balaban J connectivity index is 1.86. The van der Waals surface area contributed by atoms with Gasteiger partial charge in [-0.05, 0) is 24.3 Å². The van der Waals surface area contributed by atoms with Gasteiger partial charge in [-0.25, -0.2) is 19.6 Å². The standard InChI is InChI=1S/C20H12F6N4O4/c21-19(22,23)17(31)33-13(15-27-9-5-1-2-6-10(9)28-15)14(34-18(32)20(24,25)26)16-29-11-7-3-4-8-12(11)30-16/h1-8,13-14H,(H,27,28)(H,29,30)/t13-,14-/m0/s1. The molecule has 2 atom stereocenters. The van der Waals surface area contributed by atoms with Crippen LogP contribution in [0.3, 0.4) is 0 Å². The predicted molar refractivity (Wildman–Crippen MR) is 102 cm³/mol. The zero-order chi connectivity index (χ0) is 24.7. The largest absolute Gasteiger partial charge is 0.490 e. The fraction of sp³-hybridized carbons (Fsp3) is 0.200. The monoisotopic (exact) mass is 486 g/mol. The smallest absolute Gasteiger partial charge is 0.443 e. The lowest BCUT2D eigenvalue weighted by molar-refractivity contribution is -0.223. The number of aromatic nitrogens is 4. The molecular formula is C20H12F6N4O4. The average molecular weight is 486 g/mol. The summed E-state index contributed by atoms with van der Waals surface area (Å²) in [6, 6.07) is 12.1. The Hall–Kier alpha value is -4.10. The quantitative estimate of drug-likeness (QED) is 0.319. The summed E-state index contributed by atoms with van der Waals surface area (Å²) in [6.45, 7) is 0. The summed E-state index contributed by atoms with van der Waals surface area (Å²) in [5, 5.41) is 0. The molecule has 4 rings (SSSR count). The maximum Gasteiger partial charge on any atom is 0.490 e. The highest BCUT2D eigenvalue weighted by atomic mass is 19.4. The Morgan fingerprint density at radius 3 is 1.35 bits per heavy atom. The summed E-state index contributed by atoms with van der Waals surface area (Å²) in [4.78, 5) is 36.5. The third-order valence-corrected chi connectivity index (χ3v) is 4.56. The molecule has 0 amide bonds. The van der Waals surface area contributed by atoms with E-state index in [1.54, 1.807) is 24.3 Å². The molecule has 0 fully saturated rings. The number of ether oxygens (including phenoxy) is 2. The normalized spacial score (nSPS) is 14.2. The van der Waals surface area contributed by atoms with Crippen molar-refractivity contribution in [2.75, 3.05) is 0 Å². The molecule has 0 bridgehead atoms. The number of halogens is 6. The number of nitrogens with one attached hydrogen (secondary N) is 2. The second-order valence-electron chi connectivity index (χ2n) is 6.93. The van der Waals surface area contributed by atoms with Crippen LogP contribution in [0.25, 0.3) is 22.1 Å². The number of carbonyl (C=O) groups excluding carboxylic acids is 2. The Morgan fingerprint density at radius 2 is 1.03 bits per heavy atom. The van der Waals surface area contributed by atoms with Crippen LogP contribution >= 0.6 is 0 Å². The zero-order valence-electron chi connectivity index (χ0n) is 16.6. The molecule has 0 spiro atoms. The molecule has 0 saturated carbocycles. The van der Waals surface area contributed by atoms with Gasteiger partial charge >= 0.3 is 24.3 Å². The minimum absolute atomic E-state index is 0.205. The second-order valence-corrected chi connectivity index (χ2v) is 6.93. The molecule has 2 N–H and O–H groups in total. The fourth-order valence-corrected chi connectivity index (χ4v) is 3.10. The lowest BCUT2D eigenvalue weighted by atomic mass is 10.1. The van der Waals surface area contributed by atoms with Crippen LogP contribution in [0.5, 0.6) is 0 Å². The van der Waals surface area contributed by atoms with Crippen LogP contribution < -0.4 is 0 Å². The van der Waals surface area contributed by atoms with Gasteiger partial charge in [0, 0.05) is 0 Å². The number of fused-ring (bicyclic) bond motifs is 2. The molecule has 0 aliphatic rings. The number of benzene rings is 2. The molecule has 0 aliphatic carbocycles. The number of nitrogens with zero attached hydrogens (tertiary/aromatic N) is 2. The summed E-state index contributed by atoms with van der Waals surface area (Å²) in [5.74, 6) is -6.47. The summed E-state index contributed by atoms with van der Waals surface area (Å²) >= 11 is 0. The number of H-pyrrole nitrogens is 2. The lowest BCUT2D eigenvalue weighted by Gasteiger charge is -2.25. The van der Waals surface area contributed by atoms with Crippen LogP contribution in [-0.4, -0.2) is 44.2 Å². The van der Waals surface area contributed by atoms with E-state index >= 15 is 0 Å². The van der Waals surface area contributed by atoms with Gasteiger partial charge in [0.25, 0.3) is 0 Å². The van der Waals surface area contributed by atoms with Gasteiger partial charge in [0.05, 0.1) is 22.1 Å². The molecule has 0 aliphatic heterocycles. The van der Waals surface area contributed by atoms with Gasteiger partial charge in [-0.1, -0.05) is 24.3 Å². The average Bonchev–Trinajstić information content (AvgIpc) is 3.38. The summed E-state index contributed by atoms with van der Waals surface area (Å²) in [6.07, 6.45) is -15.5. The Kier molecular flexibility index (Phi) is 5.67. The molecule has 178 valence electrons. The predicted octanol–water partition coefficient (Wildman–Crippen LogP) is 4.43. The van der Waals surface area contributed by atoms with Crippen LogP contribution in [0.2, 0.25) is 0 Å². The van der Waals surface area contributed by atoms with E-state index in [2.05, 4.69) is 29.4 Å². The van der Waals surface area contributed by atoms with Gasteiger partial charge in [-0.3, -0.25) is 0 Å². The molecule has 4 aromatic rings. The number of hydrogen-bond acceptors (Lipinski definition) is 6. The Labute approximate surface area is 184 Å². The minimum Gasteiger partial charge on any atom is -0.443 e. The van der Waals surface area contributed by atoms with Crippen molar-refractivity contribution in [3.63, 3.8) is 0 Å². The lowest BCUT2D eigenvalue weighted by Crippen LogP contribution is -2.34. The van der Waals surface area contributed by atoms with Crippen molar-refractivity contribution in [2.24, 2.45) is 0 Å². The van der Waals surface area contributed by atoms with Crippen molar-refractivity contribution in [1.82, 2.24) is 19.9 Å². The van der Waals surface area contributed by atoms with Crippen molar-refractivity contribution in [3.8, 4) is 0 Å². The van der Waals surface area contributed by atoms with E-state index in [4.69, 9.17) is 0 Å². The number of rotatable bonds is 5. The van der Waals surface area contributed by atoms with Crippen molar-refractivity contribution >= 4 is 34.0 Å². The highest BCUT2D eigenvalue weighted by Crippen LogP contribution is 2.37. The molecule has 2 heterocycles. The van der Waals surface area contributed by atoms with Crippen molar-refractivity contribution < 1.29 is 45.4 Å².